The molecule has 0 nitrogen and oxygen atoms in total. The summed E-state index contributed by atoms with van der Waals surface area (Å²) in [5, 5.41) is 6.06. The van der Waals surface area contributed by atoms with Gasteiger partial charge < -0.3 is 0 Å². The van der Waals surface area contributed by atoms with Crippen LogP contribution in [0.2, 0.25) is 0 Å². The van der Waals surface area contributed by atoms with Gasteiger partial charge in [-0.05, 0) is 108 Å². The molecule has 0 aliphatic heterocycles. The summed E-state index contributed by atoms with van der Waals surface area (Å²) in [6.45, 7) is 9.20. The van der Waals surface area contributed by atoms with E-state index >= 15 is 0 Å². The molecule has 0 N–H and O–H groups in total. The summed E-state index contributed by atoms with van der Waals surface area (Å²) in [7, 11) is 2.97. The standard InChI is InChI=1S/C20H27P.C18H31P/c1-2-3-16-21(18-12-5-4-6-13-18)20-15-9-11-17-10-7-8-14-19(17)20;1-4-7-10-15-13-14-18(19)17(12-9-6-3)16(15)11-8-5-2/h7-11,14-15,18H,2-6,12-13,16H2,1H3;13-14H,4-12,19H2,1-3H3. The summed E-state index contributed by atoms with van der Waals surface area (Å²) < 4.78 is 0. The third-order valence-corrected chi connectivity index (χ3v) is 12.5. The number of rotatable bonds is 14. The minimum atomic E-state index is 0.0204. The minimum absolute atomic E-state index is 0.0204. The predicted molar refractivity (Wildman–Crippen MR) is 189 cm³/mol. The highest BCUT2D eigenvalue weighted by atomic mass is 31.1. The maximum atomic E-state index is 2.95. The van der Waals surface area contributed by atoms with Gasteiger partial charge in [-0.25, -0.2) is 0 Å². The van der Waals surface area contributed by atoms with Crippen LogP contribution in [0.15, 0.2) is 54.6 Å². The van der Waals surface area contributed by atoms with Crippen LogP contribution < -0.4 is 10.6 Å². The van der Waals surface area contributed by atoms with Crippen molar-refractivity contribution in [3.8, 4) is 0 Å². The molecule has 2 heteroatoms. The second-order valence-electron chi connectivity index (χ2n) is 11.9. The van der Waals surface area contributed by atoms with Crippen molar-refractivity contribution < 1.29 is 0 Å². The van der Waals surface area contributed by atoms with E-state index in [9.17, 15) is 0 Å². The Morgan fingerprint density at radius 1 is 0.650 bits per heavy atom. The van der Waals surface area contributed by atoms with Crippen molar-refractivity contribution in [1.82, 2.24) is 0 Å². The molecule has 0 spiro atoms. The number of hydrogen-bond donors (Lipinski definition) is 0. The Morgan fingerprint density at radius 2 is 1.27 bits per heavy atom. The molecule has 1 saturated carbocycles. The number of benzene rings is 3. The van der Waals surface area contributed by atoms with Gasteiger partial charge in [0.1, 0.15) is 0 Å². The van der Waals surface area contributed by atoms with Crippen molar-refractivity contribution >= 4 is 38.5 Å². The van der Waals surface area contributed by atoms with Crippen molar-refractivity contribution in [3.05, 3.63) is 71.3 Å². The van der Waals surface area contributed by atoms with E-state index < -0.39 is 0 Å². The van der Waals surface area contributed by atoms with Crippen molar-refractivity contribution in [2.75, 3.05) is 6.16 Å². The Hall–Kier alpha value is -1.22. The molecule has 3 aromatic carbocycles. The summed E-state index contributed by atoms with van der Waals surface area (Å²) in [5.74, 6) is 0. The molecule has 0 amide bonds. The van der Waals surface area contributed by atoms with E-state index in [0.717, 1.165) is 5.66 Å². The Kier molecular flexibility index (Phi) is 15.9. The molecule has 220 valence electrons. The average Bonchev–Trinajstić information content (AvgIpc) is 3.00. The van der Waals surface area contributed by atoms with Gasteiger partial charge in [-0.3, -0.25) is 0 Å². The van der Waals surface area contributed by atoms with Crippen LogP contribution in [-0.2, 0) is 19.3 Å². The van der Waals surface area contributed by atoms with Crippen LogP contribution in [0.4, 0.5) is 0 Å². The Bertz CT molecular complexity index is 1110. The number of hydrogen-bond acceptors (Lipinski definition) is 0. The van der Waals surface area contributed by atoms with Crippen molar-refractivity contribution in [1.29, 1.82) is 0 Å². The monoisotopic (exact) mass is 576 g/mol. The number of unbranched alkanes of at least 4 members (excludes halogenated alkanes) is 4. The first kappa shape index (κ1) is 33.3. The van der Waals surface area contributed by atoms with Gasteiger partial charge >= 0.3 is 0 Å². The largest absolute Gasteiger partial charge is 0.105 e. The van der Waals surface area contributed by atoms with E-state index in [4.69, 9.17) is 0 Å². The highest BCUT2D eigenvalue weighted by Crippen LogP contribution is 2.48. The van der Waals surface area contributed by atoms with E-state index in [2.05, 4.69) is 91.5 Å². The summed E-state index contributed by atoms with van der Waals surface area (Å²) in [6.07, 6.45) is 23.1. The Morgan fingerprint density at radius 3 is 1.98 bits per heavy atom. The fraction of sp³-hybridized carbons (Fsp3) is 0.579. The predicted octanol–water partition coefficient (Wildman–Crippen LogP) is 11.3. The van der Waals surface area contributed by atoms with Crippen LogP contribution >= 0.6 is 17.2 Å². The van der Waals surface area contributed by atoms with Crippen molar-refractivity contribution in [2.45, 2.75) is 136 Å². The van der Waals surface area contributed by atoms with E-state index in [0.29, 0.717) is 0 Å². The lowest BCUT2D eigenvalue weighted by molar-refractivity contribution is 0.511. The first-order valence-corrected chi connectivity index (χ1v) is 18.9. The Labute approximate surface area is 251 Å². The van der Waals surface area contributed by atoms with Crippen molar-refractivity contribution in [2.24, 2.45) is 0 Å². The lowest BCUT2D eigenvalue weighted by Gasteiger charge is -2.32. The zero-order valence-electron chi connectivity index (χ0n) is 26.3. The van der Waals surface area contributed by atoms with Crippen LogP contribution in [0.3, 0.4) is 0 Å². The van der Waals surface area contributed by atoms with Gasteiger partial charge in [-0.2, -0.15) is 0 Å². The molecule has 1 fully saturated rings. The van der Waals surface area contributed by atoms with Crippen LogP contribution in [-0.4, -0.2) is 11.8 Å². The lowest BCUT2D eigenvalue weighted by Crippen LogP contribution is -2.19. The fourth-order valence-corrected chi connectivity index (χ4v) is 10.2. The summed E-state index contributed by atoms with van der Waals surface area (Å²) in [6, 6.07) is 20.7. The van der Waals surface area contributed by atoms with Gasteiger partial charge in [-0.1, -0.05) is 135 Å². The van der Waals surface area contributed by atoms with Crippen LogP contribution in [0, 0.1) is 0 Å². The van der Waals surface area contributed by atoms with Crippen LogP contribution in [0.25, 0.3) is 10.8 Å². The maximum Gasteiger partial charge on any atom is -0.0107 e. The number of fused-ring (bicyclic) bond motifs is 1. The summed E-state index contributed by atoms with van der Waals surface area (Å²) in [4.78, 5) is 0. The molecule has 40 heavy (non-hydrogen) atoms. The third kappa shape index (κ3) is 9.95. The smallest absolute Gasteiger partial charge is 0.0107 e. The molecule has 0 bridgehead atoms. The zero-order valence-corrected chi connectivity index (χ0v) is 28.4. The molecule has 0 saturated heterocycles. The molecule has 3 aromatic rings. The molecular weight excluding hydrogens is 518 g/mol. The van der Waals surface area contributed by atoms with Gasteiger partial charge in [0.25, 0.3) is 0 Å². The SMILES string of the molecule is CCCCP(c1cccc2ccccc12)C1CCCCC1.CCCCc1ccc(P)c(CCCC)c1CCCC. The summed E-state index contributed by atoms with van der Waals surface area (Å²) in [5.41, 5.74) is 5.91. The zero-order chi connectivity index (χ0) is 28.6. The van der Waals surface area contributed by atoms with Crippen LogP contribution in [0.1, 0.15) is 128 Å². The van der Waals surface area contributed by atoms with E-state index in [1.165, 1.54) is 125 Å². The molecule has 1 aliphatic carbocycles. The van der Waals surface area contributed by atoms with Gasteiger partial charge in [-0.15, -0.1) is 9.24 Å². The highest BCUT2D eigenvalue weighted by molar-refractivity contribution is 7.66. The maximum absolute atomic E-state index is 2.95. The summed E-state index contributed by atoms with van der Waals surface area (Å²) >= 11 is 0. The third-order valence-electron chi connectivity index (χ3n) is 8.77. The second kappa shape index (κ2) is 19.1. The molecule has 1 aliphatic rings. The topological polar surface area (TPSA) is 0 Å². The first-order valence-electron chi connectivity index (χ1n) is 16.8. The molecule has 2 atom stereocenters. The minimum Gasteiger partial charge on any atom is -0.105 e. The molecule has 4 rings (SSSR count). The van der Waals surface area contributed by atoms with E-state index in [1.54, 1.807) is 22.0 Å². The quantitative estimate of drug-likeness (QED) is 0.167. The van der Waals surface area contributed by atoms with Crippen molar-refractivity contribution in [3.63, 3.8) is 0 Å². The average molecular weight is 577 g/mol. The van der Waals surface area contributed by atoms with Gasteiger partial charge in [0.2, 0.25) is 0 Å². The van der Waals surface area contributed by atoms with Gasteiger partial charge in [0, 0.05) is 0 Å². The molecule has 0 radical (unpaired) electrons. The molecule has 0 heterocycles. The Balaban J connectivity index is 0.000000222. The highest BCUT2D eigenvalue weighted by Gasteiger charge is 2.25. The number of aryl methyl sites for hydroxylation is 1. The lowest BCUT2D eigenvalue weighted by atomic mass is 9.91. The second-order valence-corrected chi connectivity index (χ2v) is 15.1. The molecule has 2 unspecified atom stereocenters. The molecule has 0 aromatic heterocycles. The fourth-order valence-electron chi connectivity index (χ4n) is 6.35. The van der Waals surface area contributed by atoms with Gasteiger partial charge in [0.15, 0.2) is 0 Å². The van der Waals surface area contributed by atoms with E-state index in [1.807, 2.05) is 0 Å². The first-order chi connectivity index (χ1) is 19.6. The normalized spacial score (nSPS) is 14.6. The van der Waals surface area contributed by atoms with Crippen LogP contribution in [0.5, 0.6) is 0 Å². The van der Waals surface area contributed by atoms with E-state index in [-0.39, 0.29) is 7.92 Å². The molecular formula is C38H58P2. The van der Waals surface area contributed by atoms with Gasteiger partial charge in [0.05, 0.1) is 0 Å².